The number of carbonyl (C=O) groups is 1. The van der Waals surface area contributed by atoms with E-state index in [2.05, 4.69) is 4.98 Å². The van der Waals surface area contributed by atoms with Gasteiger partial charge in [0.1, 0.15) is 5.56 Å². The Hall–Kier alpha value is -1.89. The van der Waals surface area contributed by atoms with Crippen molar-refractivity contribution in [2.45, 2.75) is 0 Å². The molecule has 0 atom stereocenters. The lowest BCUT2D eigenvalue weighted by Crippen LogP contribution is -2.52. The molecule has 1 amide bonds. The predicted octanol–water partition coefficient (Wildman–Crippen LogP) is -1.87. The fourth-order valence-electron chi connectivity index (χ4n) is 1.59. The van der Waals surface area contributed by atoms with Gasteiger partial charge in [-0.25, -0.2) is 4.79 Å². The molecule has 1 aliphatic heterocycles. The van der Waals surface area contributed by atoms with E-state index in [1.165, 1.54) is 4.90 Å². The summed E-state index contributed by atoms with van der Waals surface area (Å²) in [4.78, 5) is 39.4. The largest absolute Gasteiger partial charge is 0.396 e. The average Bonchev–Trinajstić information content (AvgIpc) is 2.15. The van der Waals surface area contributed by atoms with Crippen molar-refractivity contribution >= 4 is 5.91 Å². The van der Waals surface area contributed by atoms with Crippen LogP contribution in [0.1, 0.15) is 10.4 Å². The number of amides is 1. The van der Waals surface area contributed by atoms with Gasteiger partial charge in [0.05, 0.1) is 0 Å². The highest BCUT2D eigenvalue weighted by atomic mass is 16.3. The second-order valence-electron chi connectivity index (χ2n) is 3.74. The van der Waals surface area contributed by atoms with Crippen molar-refractivity contribution in [1.82, 2.24) is 14.9 Å². The Kier molecular flexibility index (Phi) is 2.61. The van der Waals surface area contributed by atoms with Gasteiger partial charge < -0.3 is 15.0 Å². The molecule has 2 heterocycles. The van der Waals surface area contributed by atoms with Crippen LogP contribution in [0.3, 0.4) is 0 Å². The highest BCUT2D eigenvalue weighted by Gasteiger charge is 2.31. The third kappa shape index (κ3) is 1.76. The Balaban J connectivity index is 2.17. The van der Waals surface area contributed by atoms with Crippen molar-refractivity contribution in [3.05, 3.63) is 32.6 Å². The van der Waals surface area contributed by atoms with E-state index in [9.17, 15) is 14.4 Å². The van der Waals surface area contributed by atoms with Crippen LogP contribution >= 0.6 is 0 Å². The van der Waals surface area contributed by atoms with Crippen LogP contribution in [0.25, 0.3) is 0 Å². The predicted molar refractivity (Wildman–Crippen MR) is 54.2 cm³/mol. The van der Waals surface area contributed by atoms with Crippen molar-refractivity contribution in [3.63, 3.8) is 0 Å². The van der Waals surface area contributed by atoms with Crippen LogP contribution in [-0.2, 0) is 0 Å². The van der Waals surface area contributed by atoms with Gasteiger partial charge in [0, 0.05) is 31.8 Å². The van der Waals surface area contributed by atoms with E-state index in [0.29, 0.717) is 13.1 Å². The zero-order chi connectivity index (χ0) is 11.7. The second kappa shape index (κ2) is 3.93. The Bertz CT molecular complexity index is 512. The van der Waals surface area contributed by atoms with Crippen molar-refractivity contribution in [2.75, 3.05) is 19.7 Å². The highest BCUT2D eigenvalue weighted by Crippen LogP contribution is 2.16. The molecule has 7 heteroatoms. The monoisotopic (exact) mass is 225 g/mol. The van der Waals surface area contributed by atoms with Crippen molar-refractivity contribution in [1.29, 1.82) is 0 Å². The van der Waals surface area contributed by atoms with Gasteiger partial charge in [-0.15, -0.1) is 0 Å². The van der Waals surface area contributed by atoms with Gasteiger partial charge in [0.25, 0.3) is 11.5 Å². The van der Waals surface area contributed by atoms with E-state index >= 15 is 0 Å². The summed E-state index contributed by atoms with van der Waals surface area (Å²) >= 11 is 0. The number of hydrogen-bond acceptors (Lipinski definition) is 4. The number of carbonyl (C=O) groups excluding carboxylic acids is 1. The average molecular weight is 225 g/mol. The SMILES string of the molecule is O=C(c1c[nH]c(=O)[nH]c1=O)N1CC(CO)C1. The summed E-state index contributed by atoms with van der Waals surface area (Å²) in [6.07, 6.45) is 1.11. The molecular weight excluding hydrogens is 214 g/mol. The molecule has 0 unspecified atom stereocenters. The lowest BCUT2D eigenvalue weighted by atomic mass is 10.0. The number of aromatic nitrogens is 2. The van der Waals surface area contributed by atoms with Crippen LogP contribution in [0.2, 0.25) is 0 Å². The summed E-state index contributed by atoms with van der Waals surface area (Å²) in [5, 5.41) is 8.79. The number of rotatable bonds is 2. The molecule has 0 radical (unpaired) electrons. The fraction of sp³-hybridized carbons (Fsp3) is 0.444. The van der Waals surface area contributed by atoms with E-state index in [1.54, 1.807) is 0 Å². The molecule has 1 aromatic heterocycles. The molecular formula is C9H11N3O4. The van der Waals surface area contributed by atoms with Gasteiger partial charge in [0.2, 0.25) is 0 Å². The summed E-state index contributed by atoms with van der Waals surface area (Å²) < 4.78 is 0. The molecule has 86 valence electrons. The lowest BCUT2D eigenvalue weighted by Gasteiger charge is -2.37. The van der Waals surface area contributed by atoms with E-state index in [0.717, 1.165) is 6.20 Å². The third-order valence-corrected chi connectivity index (χ3v) is 2.55. The van der Waals surface area contributed by atoms with Gasteiger partial charge in [-0.3, -0.25) is 14.6 Å². The maximum atomic E-state index is 11.7. The van der Waals surface area contributed by atoms with Crippen LogP contribution in [0.15, 0.2) is 15.8 Å². The molecule has 0 spiro atoms. The molecule has 1 aromatic rings. The van der Waals surface area contributed by atoms with Gasteiger partial charge >= 0.3 is 5.69 Å². The van der Waals surface area contributed by atoms with E-state index in [-0.39, 0.29) is 18.1 Å². The molecule has 0 aliphatic carbocycles. The van der Waals surface area contributed by atoms with Gasteiger partial charge in [-0.05, 0) is 0 Å². The highest BCUT2D eigenvalue weighted by molar-refractivity contribution is 5.94. The first-order valence-corrected chi connectivity index (χ1v) is 4.84. The van der Waals surface area contributed by atoms with Gasteiger partial charge in [-0.1, -0.05) is 0 Å². The first kappa shape index (κ1) is 10.6. The van der Waals surface area contributed by atoms with Crippen molar-refractivity contribution < 1.29 is 9.90 Å². The minimum atomic E-state index is -0.693. The molecule has 0 aromatic carbocycles. The number of aromatic amines is 2. The number of hydrogen-bond donors (Lipinski definition) is 3. The summed E-state index contributed by atoms with van der Waals surface area (Å²) in [6.45, 7) is 0.910. The Labute approximate surface area is 89.7 Å². The van der Waals surface area contributed by atoms with Crippen LogP contribution < -0.4 is 11.2 Å². The molecule has 1 aliphatic rings. The number of nitrogens with one attached hydrogen (secondary N) is 2. The van der Waals surface area contributed by atoms with Gasteiger partial charge in [-0.2, -0.15) is 0 Å². The molecule has 0 saturated carbocycles. The fourth-order valence-corrected chi connectivity index (χ4v) is 1.59. The minimum absolute atomic E-state index is 0.0335. The Morgan fingerprint density at radius 3 is 2.75 bits per heavy atom. The van der Waals surface area contributed by atoms with Crippen LogP contribution in [-0.4, -0.2) is 45.6 Å². The smallest absolute Gasteiger partial charge is 0.325 e. The zero-order valence-electron chi connectivity index (χ0n) is 8.40. The molecule has 1 fully saturated rings. The molecule has 2 rings (SSSR count). The molecule has 1 saturated heterocycles. The van der Waals surface area contributed by atoms with E-state index < -0.39 is 17.2 Å². The van der Waals surface area contributed by atoms with Crippen molar-refractivity contribution in [2.24, 2.45) is 5.92 Å². The number of likely N-dealkylation sites (tertiary alicyclic amines) is 1. The molecule has 0 bridgehead atoms. The number of aliphatic hydroxyl groups excluding tert-OH is 1. The van der Waals surface area contributed by atoms with Crippen LogP contribution in [0.4, 0.5) is 0 Å². The lowest BCUT2D eigenvalue weighted by molar-refractivity contribution is 0.0360. The second-order valence-corrected chi connectivity index (χ2v) is 3.74. The molecule has 7 nitrogen and oxygen atoms in total. The van der Waals surface area contributed by atoms with E-state index in [1.807, 2.05) is 4.98 Å². The topological polar surface area (TPSA) is 106 Å². The Morgan fingerprint density at radius 2 is 2.19 bits per heavy atom. The number of nitrogens with zero attached hydrogens (tertiary/aromatic N) is 1. The standard InChI is InChI=1S/C9H11N3O4/c13-4-5-2-12(3-5)8(15)6-1-10-9(16)11-7(6)14/h1,5,13H,2-4H2,(H2,10,11,14,16). The number of H-pyrrole nitrogens is 2. The quantitative estimate of drug-likeness (QED) is 0.548. The van der Waals surface area contributed by atoms with Crippen LogP contribution in [0.5, 0.6) is 0 Å². The van der Waals surface area contributed by atoms with Crippen molar-refractivity contribution in [3.8, 4) is 0 Å². The van der Waals surface area contributed by atoms with E-state index in [4.69, 9.17) is 5.11 Å². The summed E-state index contributed by atoms with van der Waals surface area (Å²) in [5.41, 5.74) is -1.42. The molecule has 16 heavy (non-hydrogen) atoms. The Morgan fingerprint density at radius 1 is 1.50 bits per heavy atom. The molecule has 3 N–H and O–H groups in total. The zero-order valence-corrected chi connectivity index (χ0v) is 8.40. The maximum absolute atomic E-state index is 11.7. The summed E-state index contributed by atoms with van der Waals surface area (Å²) in [5.74, 6) is -0.340. The maximum Gasteiger partial charge on any atom is 0.325 e. The van der Waals surface area contributed by atoms with Crippen LogP contribution in [0, 0.1) is 5.92 Å². The third-order valence-electron chi connectivity index (χ3n) is 2.55. The summed E-state index contributed by atoms with van der Waals surface area (Å²) in [6, 6.07) is 0. The normalized spacial score (nSPS) is 15.9. The first-order chi connectivity index (χ1) is 7.61. The van der Waals surface area contributed by atoms with Gasteiger partial charge in [0.15, 0.2) is 0 Å². The number of aliphatic hydroxyl groups is 1. The summed E-state index contributed by atoms with van der Waals surface area (Å²) in [7, 11) is 0. The minimum Gasteiger partial charge on any atom is -0.396 e. The first-order valence-electron chi connectivity index (χ1n) is 4.84.